The second-order valence-electron chi connectivity index (χ2n) is 3.95. The predicted octanol–water partition coefficient (Wildman–Crippen LogP) is 4.46. The molecule has 2 N–H and O–H groups in total. The van der Waals surface area contributed by atoms with Crippen LogP contribution in [0.2, 0.25) is 5.02 Å². The maximum atomic E-state index is 6.09. The van der Waals surface area contributed by atoms with Gasteiger partial charge in [-0.1, -0.05) is 34.5 Å². The van der Waals surface area contributed by atoms with Gasteiger partial charge in [-0.05, 0) is 30.7 Å². The van der Waals surface area contributed by atoms with E-state index < -0.39 is 0 Å². The predicted molar refractivity (Wildman–Crippen MR) is 83.2 cm³/mol. The van der Waals surface area contributed by atoms with Crippen LogP contribution < -0.4 is 10.6 Å². The van der Waals surface area contributed by atoms with Gasteiger partial charge < -0.3 is 10.6 Å². The summed E-state index contributed by atoms with van der Waals surface area (Å²) in [5.74, 6) is 1.17. The van der Waals surface area contributed by atoms with Crippen molar-refractivity contribution in [2.45, 2.75) is 13.3 Å². The third-order valence-corrected chi connectivity index (χ3v) is 3.19. The number of anilines is 3. The van der Waals surface area contributed by atoms with Crippen molar-refractivity contribution in [3.8, 4) is 0 Å². The Kier molecular flexibility index (Phi) is 4.99. The number of benzene rings is 1. The Morgan fingerprint density at radius 2 is 2.00 bits per heavy atom. The number of hydrogen-bond donors (Lipinski definition) is 2. The van der Waals surface area contributed by atoms with Gasteiger partial charge in [0.15, 0.2) is 5.82 Å². The van der Waals surface area contributed by atoms with Crippen molar-refractivity contribution in [3.63, 3.8) is 0 Å². The van der Waals surface area contributed by atoms with E-state index in [9.17, 15) is 0 Å². The first-order valence-electron chi connectivity index (χ1n) is 5.98. The fourth-order valence-electron chi connectivity index (χ4n) is 1.45. The first-order valence-corrected chi connectivity index (χ1v) is 7.15. The maximum Gasteiger partial charge on any atom is 0.224 e. The molecule has 0 saturated heterocycles. The van der Waals surface area contributed by atoms with Gasteiger partial charge in [-0.2, -0.15) is 4.98 Å². The van der Waals surface area contributed by atoms with Crippen LogP contribution in [0, 0.1) is 0 Å². The largest absolute Gasteiger partial charge is 0.354 e. The first kappa shape index (κ1) is 14.1. The van der Waals surface area contributed by atoms with Crippen molar-refractivity contribution in [3.05, 3.63) is 40.0 Å². The maximum absolute atomic E-state index is 6.09. The van der Waals surface area contributed by atoms with Gasteiger partial charge in [0, 0.05) is 16.7 Å². The Bertz CT molecular complexity index is 545. The van der Waals surface area contributed by atoms with Gasteiger partial charge >= 0.3 is 0 Å². The average molecular weight is 342 g/mol. The zero-order valence-electron chi connectivity index (χ0n) is 10.5. The highest BCUT2D eigenvalue weighted by Gasteiger charge is 2.05. The lowest BCUT2D eigenvalue weighted by Gasteiger charge is -2.09. The van der Waals surface area contributed by atoms with E-state index in [1.54, 1.807) is 6.20 Å². The lowest BCUT2D eigenvalue weighted by Crippen LogP contribution is -2.06. The van der Waals surface area contributed by atoms with E-state index in [4.69, 9.17) is 11.6 Å². The summed E-state index contributed by atoms with van der Waals surface area (Å²) in [6.45, 7) is 2.92. The average Bonchev–Trinajstić information content (AvgIpc) is 2.42. The van der Waals surface area contributed by atoms with E-state index in [1.165, 1.54) is 0 Å². The van der Waals surface area contributed by atoms with E-state index >= 15 is 0 Å². The summed E-state index contributed by atoms with van der Waals surface area (Å²) in [5, 5.41) is 6.79. The molecule has 0 fully saturated rings. The summed E-state index contributed by atoms with van der Waals surface area (Å²) in [4.78, 5) is 8.48. The summed E-state index contributed by atoms with van der Waals surface area (Å²) >= 11 is 9.48. The van der Waals surface area contributed by atoms with Gasteiger partial charge in [0.05, 0.1) is 6.20 Å². The molecule has 0 aliphatic carbocycles. The zero-order valence-corrected chi connectivity index (χ0v) is 12.8. The van der Waals surface area contributed by atoms with Crippen LogP contribution in [-0.4, -0.2) is 16.5 Å². The van der Waals surface area contributed by atoms with Crippen LogP contribution in [-0.2, 0) is 0 Å². The molecule has 2 aromatic rings. The van der Waals surface area contributed by atoms with E-state index in [0.29, 0.717) is 16.8 Å². The highest BCUT2D eigenvalue weighted by Crippen LogP contribution is 2.24. The van der Waals surface area contributed by atoms with E-state index in [1.807, 2.05) is 24.3 Å². The fourth-order valence-corrected chi connectivity index (χ4v) is 1.85. The number of halogens is 2. The number of rotatable bonds is 5. The van der Waals surface area contributed by atoms with Crippen molar-refractivity contribution < 1.29 is 0 Å². The van der Waals surface area contributed by atoms with Crippen molar-refractivity contribution >= 4 is 45.0 Å². The van der Waals surface area contributed by atoms with Crippen LogP contribution >= 0.6 is 27.5 Å². The molecular formula is C13H14BrClN4. The standard InChI is InChI=1S/C13H14BrClN4/c1-2-7-16-13-17-8-11(15)12(19-13)18-10-5-3-9(14)4-6-10/h3-6,8H,2,7H2,1H3,(H2,16,17,18,19). The van der Waals surface area contributed by atoms with Crippen LogP contribution in [0.1, 0.15) is 13.3 Å². The third kappa shape index (κ3) is 4.08. The second-order valence-corrected chi connectivity index (χ2v) is 5.27. The number of nitrogens with zero attached hydrogens (tertiary/aromatic N) is 2. The molecule has 6 heteroatoms. The minimum absolute atomic E-state index is 0.491. The van der Waals surface area contributed by atoms with Crippen LogP contribution in [0.5, 0.6) is 0 Å². The number of nitrogens with one attached hydrogen (secondary N) is 2. The van der Waals surface area contributed by atoms with Crippen molar-refractivity contribution in [1.82, 2.24) is 9.97 Å². The Labute approximate surface area is 125 Å². The van der Waals surface area contributed by atoms with Crippen LogP contribution in [0.15, 0.2) is 34.9 Å². The molecule has 1 aromatic heterocycles. The minimum Gasteiger partial charge on any atom is -0.354 e. The molecule has 2 rings (SSSR count). The molecule has 0 bridgehead atoms. The molecule has 0 saturated carbocycles. The monoisotopic (exact) mass is 340 g/mol. The summed E-state index contributed by atoms with van der Waals surface area (Å²) in [5.41, 5.74) is 0.922. The van der Waals surface area contributed by atoms with E-state index in [-0.39, 0.29) is 0 Å². The van der Waals surface area contributed by atoms with Gasteiger partial charge in [-0.3, -0.25) is 0 Å². The van der Waals surface area contributed by atoms with Crippen LogP contribution in [0.3, 0.4) is 0 Å². The summed E-state index contributed by atoms with van der Waals surface area (Å²) in [6, 6.07) is 7.80. The molecule has 1 aromatic carbocycles. The van der Waals surface area contributed by atoms with E-state index in [0.717, 1.165) is 23.1 Å². The highest BCUT2D eigenvalue weighted by molar-refractivity contribution is 9.10. The van der Waals surface area contributed by atoms with Crippen LogP contribution in [0.25, 0.3) is 0 Å². The molecule has 0 atom stereocenters. The Balaban J connectivity index is 2.16. The molecule has 0 aliphatic heterocycles. The summed E-state index contributed by atoms with van der Waals surface area (Å²) in [7, 11) is 0. The lowest BCUT2D eigenvalue weighted by atomic mass is 10.3. The van der Waals surface area contributed by atoms with Gasteiger partial charge in [-0.25, -0.2) is 4.98 Å². The molecule has 1 heterocycles. The molecule has 0 spiro atoms. The fraction of sp³-hybridized carbons (Fsp3) is 0.231. The quantitative estimate of drug-likeness (QED) is 0.843. The van der Waals surface area contributed by atoms with Gasteiger partial charge in [-0.15, -0.1) is 0 Å². The van der Waals surface area contributed by atoms with Crippen LogP contribution in [0.4, 0.5) is 17.5 Å². The minimum atomic E-state index is 0.491. The SMILES string of the molecule is CCCNc1ncc(Cl)c(Nc2ccc(Br)cc2)n1. The van der Waals surface area contributed by atoms with Gasteiger partial charge in [0.25, 0.3) is 0 Å². The summed E-state index contributed by atoms with van der Waals surface area (Å²) in [6.07, 6.45) is 2.61. The molecule has 19 heavy (non-hydrogen) atoms. The van der Waals surface area contributed by atoms with E-state index in [2.05, 4.69) is 43.5 Å². The molecule has 0 unspecified atom stereocenters. The zero-order chi connectivity index (χ0) is 13.7. The topological polar surface area (TPSA) is 49.8 Å². The Hall–Kier alpha value is -1.33. The van der Waals surface area contributed by atoms with Crippen molar-refractivity contribution in [2.75, 3.05) is 17.2 Å². The van der Waals surface area contributed by atoms with Crippen molar-refractivity contribution in [2.24, 2.45) is 0 Å². The summed E-state index contributed by atoms with van der Waals surface area (Å²) < 4.78 is 1.03. The highest BCUT2D eigenvalue weighted by atomic mass is 79.9. The van der Waals surface area contributed by atoms with Gasteiger partial charge in [0.1, 0.15) is 5.02 Å². The van der Waals surface area contributed by atoms with Gasteiger partial charge in [0.2, 0.25) is 5.95 Å². The smallest absolute Gasteiger partial charge is 0.224 e. The Morgan fingerprint density at radius 1 is 1.26 bits per heavy atom. The molecular weight excluding hydrogens is 328 g/mol. The number of hydrogen-bond acceptors (Lipinski definition) is 4. The molecule has 0 aliphatic rings. The molecule has 0 amide bonds. The van der Waals surface area contributed by atoms with Crippen molar-refractivity contribution in [1.29, 1.82) is 0 Å². The first-order chi connectivity index (χ1) is 9.19. The third-order valence-electron chi connectivity index (χ3n) is 2.38. The normalized spacial score (nSPS) is 10.3. The number of aromatic nitrogens is 2. The molecule has 0 radical (unpaired) electrons. The second kappa shape index (κ2) is 6.73. The lowest BCUT2D eigenvalue weighted by molar-refractivity contribution is 0.953. The molecule has 4 nitrogen and oxygen atoms in total. The Morgan fingerprint density at radius 3 is 2.68 bits per heavy atom. The molecule has 100 valence electrons.